The van der Waals surface area contributed by atoms with E-state index in [0.717, 1.165) is 98.7 Å². The van der Waals surface area contributed by atoms with Gasteiger partial charge in [-0.1, -0.05) is 146 Å². The summed E-state index contributed by atoms with van der Waals surface area (Å²) in [5, 5.41) is 11.4. The predicted molar refractivity (Wildman–Crippen MR) is 247 cm³/mol. The molecule has 3 heterocycles. The van der Waals surface area contributed by atoms with E-state index in [4.69, 9.17) is 32.6 Å². The number of nitrogens with zero attached hydrogens (tertiary/aromatic N) is 2. The van der Waals surface area contributed by atoms with Gasteiger partial charge in [-0.05, 0) is 81.1 Å². The number of hydrogen-bond acceptors (Lipinski definition) is 4. The van der Waals surface area contributed by atoms with Crippen LogP contribution in [-0.2, 0) is 0 Å². The number of furan rings is 1. The van der Waals surface area contributed by atoms with Crippen LogP contribution in [0.3, 0.4) is 0 Å². The summed E-state index contributed by atoms with van der Waals surface area (Å²) in [5.41, 5.74) is 10.7. The maximum atomic E-state index is 7.19. The van der Waals surface area contributed by atoms with Gasteiger partial charge in [0.15, 0.2) is 5.15 Å². The van der Waals surface area contributed by atoms with Crippen LogP contribution < -0.4 is 0 Å². The van der Waals surface area contributed by atoms with Gasteiger partial charge in [-0.3, -0.25) is 0 Å². The highest BCUT2D eigenvalue weighted by Crippen LogP contribution is 2.49. The van der Waals surface area contributed by atoms with Gasteiger partial charge in [0.05, 0.1) is 11.0 Å². The zero-order valence-corrected chi connectivity index (χ0v) is 32.9. The summed E-state index contributed by atoms with van der Waals surface area (Å²) in [6, 6.07) is 56.0. The summed E-state index contributed by atoms with van der Waals surface area (Å²) in [6.07, 6.45) is 0. The summed E-state index contributed by atoms with van der Waals surface area (Å²) in [6.45, 7) is 7.02. The van der Waals surface area contributed by atoms with Gasteiger partial charge in [-0.25, -0.2) is 9.97 Å². The van der Waals surface area contributed by atoms with Crippen molar-refractivity contribution in [3.63, 3.8) is 0 Å². The average Bonchev–Trinajstić information content (AvgIpc) is 3.84. The molecule has 272 valence electrons. The molecule has 0 saturated carbocycles. The zero-order valence-electron chi connectivity index (χ0n) is 31.3. The van der Waals surface area contributed by atoms with Crippen molar-refractivity contribution in [3.8, 4) is 22.3 Å². The van der Waals surface area contributed by atoms with Gasteiger partial charge in [0, 0.05) is 58.4 Å². The van der Waals surface area contributed by atoms with Crippen molar-refractivity contribution in [3.05, 3.63) is 186 Å². The first kappa shape index (κ1) is 33.3. The van der Waals surface area contributed by atoms with Gasteiger partial charge in [-0.15, -0.1) is 11.3 Å². The van der Waals surface area contributed by atoms with Gasteiger partial charge >= 0.3 is 0 Å². The first-order valence-electron chi connectivity index (χ1n) is 19.4. The molecule has 0 unspecified atom stereocenters. The molecule has 0 bridgehead atoms. The Hall–Kier alpha value is -6.85. The third-order valence-corrected chi connectivity index (χ3v) is 13.2. The van der Waals surface area contributed by atoms with Gasteiger partial charge in [0.1, 0.15) is 16.9 Å². The third-order valence-electron chi connectivity index (χ3n) is 11.8. The van der Waals surface area contributed by atoms with Crippen LogP contribution in [0.2, 0.25) is 5.15 Å². The molecule has 0 atom stereocenters. The number of halogens is 1. The summed E-state index contributed by atoms with van der Waals surface area (Å²) < 4.78 is 9.76. The molecule has 3 aromatic heterocycles. The Labute approximate surface area is 342 Å². The van der Waals surface area contributed by atoms with E-state index >= 15 is 0 Å². The number of rotatable bonds is 4. The second-order valence-corrected chi connectivity index (χ2v) is 16.5. The minimum atomic E-state index is 0.295. The second-order valence-electron chi connectivity index (χ2n) is 15.1. The number of benzene rings is 9. The number of aryl methyl sites for hydroxylation is 1. The molecule has 12 rings (SSSR count). The summed E-state index contributed by atoms with van der Waals surface area (Å²) in [4.78, 5) is 10.2. The van der Waals surface area contributed by atoms with E-state index in [1.807, 2.05) is 29.5 Å². The van der Waals surface area contributed by atoms with E-state index in [-0.39, 0.29) is 0 Å². The molecule has 0 aliphatic heterocycles. The first-order chi connectivity index (χ1) is 28.5. The third kappa shape index (κ3) is 4.86. The number of aromatic nitrogens is 2. The van der Waals surface area contributed by atoms with Gasteiger partial charge < -0.3 is 4.42 Å². The fourth-order valence-corrected chi connectivity index (χ4v) is 10.5. The molecular formula is C53H31ClN2OS. The van der Waals surface area contributed by atoms with Crippen molar-refractivity contribution in [2.75, 3.05) is 0 Å². The van der Waals surface area contributed by atoms with E-state index < -0.39 is 0 Å². The molecule has 0 aliphatic carbocycles. The normalized spacial score (nSPS) is 12.0. The molecule has 0 saturated heterocycles. The van der Waals surface area contributed by atoms with E-state index in [0.29, 0.717) is 16.4 Å². The highest BCUT2D eigenvalue weighted by molar-refractivity contribution is 7.25. The molecule has 0 fully saturated rings. The minimum Gasteiger partial charge on any atom is -0.455 e. The predicted octanol–water partition coefficient (Wildman–Crippen LogP) is 15.7. The molecule has 0 N–H and O–H groups in total. The van der Waals surface area contributed by atoms with Crippen molar-refractivity contribution >= 4 is 114 Å². The Bertz CT molecular complexity index is 3740. The van der Waals surface area contributed by atoms with E-state index in [1.54, 1.807) is 0 Å². The highest BCUT2D eigenvalue weighted by atomic mass is 35.5. The van der Waals surface area contributed by atoms with Crippen LogP contribution >= 0.6 is 22.9 Å². The molecule has 9 aromatic carbocycles. The lowest BCUT2D eigenvalue weighted by atomic mass is 9.84. The lowest BCUT2D eigenvalue weighted by Crippen LogP contribution is -2.01. The van der Waals surface area contributed by atoms with Crippen molar-refractivity contribution in [2.24, 2.45) is 0 Å². The maximum absolute atomic E-state index is 7.19. The molecule has 0 amide bonds. The molecular weight excluding hydrogens is 748 g/mol. The van der Waals surface area contributed by atoms with E-state index in [2.05, 4.69) is 146 Å². The quantitative estimate of drug-likeness (QED) is 0.167. The summed E-state index contributed by atoms with van der Waals surface area (Å²) in [5.74, 6) is 0. The smallest absolute Gasteiger partial charge is 0.156 e. The standard InChI is InChI=1S/C53H31ClN2OS/c1-29-19-20-33(34-22-24-38-37-15-9-10-18-44(37)58-45(38)28-34)27-42(29)47-39-16-7-8-17-40(39)48-41-25-21-32-12-4-6-14-36(32)51(41)57-52(48)46(47)30(2)49-53(54)55-43-26-23-31-11-3-5-13-35(31)50(43)56-49/h3-28H,2H2,1H3. The topological polar surface area (TPSA) is 38.9 Å². The fraction of sp³-hybridized carbons (Fsp3) is 0.0189. The van der Waals surface area contributed by atoms with Gasteiger partial charge in [0.2, 0.25) is 0 Å². The van der Waals surface area contributed by atoms with Gasteiger partial charge in [0.25, 0.3) is 0 Å². The molecule has 0 aliphatic rings. The molecule has 58 heavy (non-hydrogen) atoms. The first-order valence-corrected chi connectivity index (χ1v) is 20.6. The average molecular weight is 779 g/mol. The summed E-state index contributed by atoms with van der Waals surface area (Å²) in [7, 11) is 0. The largest absolute Gasteiger partial charge is 0.455 e. The Morgan fingerprint density at radius 1 is 0.569 bits per heavy atom. The van der Waals surface area contributed by atoms with Crippen molar-refractivity contribution in [1.82, 2.24) is 9.97 Å². The molecule has 0 radical (unpaired) electrons. The van der Waals surface area contributed by atoms with Crippen molar-refractivity contribution in [1.29, 1.82) is 0 Å². The number of fused-ring (bicyclic) bond motifs is 13. The van der Waals surface area contributed by atoms with Crippen LogP contribution in [0.4, 0.5) is 0 Å². The lowest BCUT2D eigenvalue weighted by Gasteiger charge is -2.20. The number of thiophene rings is 1. The van der Waals surface area contributed by atoms with Crippen LogP contribution in [0.1, 0.15) is 16.8 Å². The monoisotopic (exact) mass is 778 g/mol. The Balaban J connectivity index is 1.18. The van der Waals surface area contributed by atoms with Crippen molar-refractivity contribution in [2.45, 2.75) is 6.92 Å². The van der Waals surface area contributed by atoms with Crippen LogP contribution in [0.25, 0.3) is 113 Å². The molecule has 5 heteroatoms. The Morgan fingerprint density at radius 3 is 2.05 bits per heavy atom. The van der Waals surface area contributed by atoms with Crippen LogP contribution in [0.15, 0.2) is 169 Å². The van der Waals surface area contributed by atoms with Gasteiger partial charge in [-0.2, -0.15) is 0 Å². The summed E-state index contributed by atoms with van der Waals surface area (Å²) >= 11 is 9.01. The zero-order chi connectivity index (χ0) is 38.6. The fourth-order valence-electron chi connectivity index (χ4n) is 9.06. The number of hydrogen-bond donors (Lipinski definition) is 0. The van der Waals surface area contributed by atoms with E-state index in [9.17, 15) is 0 Å². The molecule has 12 aromatic rings. The van der Waals surface area contributed by atoms with E-state index in [1.165, 1.54) is 20.2 Å². The lowest BCUT2D eigenvalue weighted by molar-refractivity contribution is 0.672. The Kier molecular flexibility index (Phi) is 7.22. The Morgan fingerprint density at radius 2 is 1.21 bits per heavy atom. The maximum Gasteiger partial charge on any atom is 0.156 e. The van der Waals surface area contributed by atoms with Crippen LogP contribution in [0, 0.1) is 6.92 Å². The SMILES string of the molecule is C=C(c1nc2c(ccc3ccccc32)nc1Cl)c1c(-c2cc(-c3ccc4c(c3)sc3ccccc34)ccc2C)c2ccccc2c2c1oc1c3ccccc3ccc12. The van der Waals surface area contributed by atoms with Crippen molar-refractivity contribution < 1.29 is 4.42 Å². The van der Waals surface area contributed by atoms with Crippen LogP contribution in [0.5, 0.6) is 0 Å². The second kappa shape index (κ2) is 12.6. The highest BCUT2D eigenvalue weighted by Gasteiger charge is 2.27. The molecule has 0 spiro atoms. The molecule has 3 nitrogen and oxygen atoms in total. The van der Waals surface area contributed by atoms with Crippen LogP contribution in [-0.4, -0.2) is 9.97 Å². The minimum absolute atomic E-state index is 0.295.